The lowest BCUT2D eigenvalue weighted by Gasteiger charge is -2.12. The normalized spacial score (nSPS) is 11.6. The SMILES string of the molecule is C/C=C/C(=O)c1cccc(Oc2nc(Nc3ccccc3)ncc2C)c1.C=CC(=O)Nc1cccc(Nc2nc(Nc3ccc(Cl)c(OCCCS(C)(=O)=O)c3)ncc2F)c1.C=CC(=O)Nc1cccc(Nc2nc(Nc3ccc(O[C@H]4CCOC4)nc3)ncc2F)c1.C=CC(=O)Nc1cccc(Nc2ncc(F)c(NCc3ccc(C(F)(F)F)nc3)n2)c1.C=CC(=O)Nc1cccc(Oc2nc(Nc3ccccc3)ncc2C)c1. The molecular formula is C106H97ClF6N24O12S. The molecular weight excluding hydrogens is 1980 g/mol. The van der Waals surface area contributed by atoms with Gasteiger partial charge in [0.15, 0.2) is 40.7 Å². The third-order valence-corrected chi connectivity index (χ3v) is 21.2. The summed E-state index contributed by atoms with van der Waals surface area (Å²) >= 11 is 6.16. The molecule has 4 amide bonds. The summed E-state index contributed by atoms with van der Waals surface area (Å²) < 4.78 is 131. The van der Waals surface area contributed by atoms with Crippen molar-refractivity contribution in [3.05, 3.63) is 381 Å². The number of hydrogen-bond acceptors (Lipinski definition) is 32. The molecule has 0 saturated carbocycles. The fraction of sp³-hybridized carbons (Fsp3) is 0.123. The molecule has 0 unspecified atom stereocenters. The van der Waals surface area contributed by atoms with Crippen LogP contribution in [-0.4, -0.2) is 136 Å². The molecule has 44 heteroatoms. The van der Waals surface area contributed by atoms with Crippen LogP contribution in [0.25, 0.3) is 0 Å². The van der Waals surface area contributed by atoms with E-state index in [1.165, 1.54) is 24.3 Å². The van der Waals surface area contributed by atoms with Crippen LogP contribution in [-0.2, 0) is 46.5 Å². The third kappa shape index (κ3) is 36.1. The third-order valence-electron chi connectivity index (χ3n) is 19.9. The first kappa shape index (κ1) is 110. The predicted octanol–water partition coefficient (Wildman–Crippen LogP) is 22.5. The van der Waals surface area contributed by atoms with Crippen LogP contribution in [0.2, 0.25) is 5.02 Å². The van der Waals surface area contributed by atoms with Crippen molar-refractivity contribution in [2.24, 2.45) is 0 Å². The Morgan fingerprint density at radius 2 is 0.880 bits per heavy atom. The number of pyridine rings is 2. The Kier molecular flexibility index (Phi) is 40.1. The van der Waals surface area contributed by atoms with Gasteiger partial charge in [-0.3, -0.25) is 29.0 Å². The number of halogens is 7. The number of carbonyl (C=O) groups is 5. The van der Waals surface area contributed by atoms with Crippen molar-refractivity contribution in [2.75, 3.05) is 95.6 Å². The van der Waals surface area contributed by atoms with Gasteiger partial charge in [-0.1, -0.05) is 123 Å². The number of nitrogens with zero attached hydrogens (tertiary/aromatic N) is 12. The molecule has 0 spiro atoms. The Bertz CT molecular complexity index is 7410. The van der Waals surface area contributed by atoms with Gasteiger partial charge in [0.2, 0.25) is 71.0 Å². The van der Waals surface area contributed by atoms with Crippen molar-refractivity contribution in [3.8, 4) is 34.9 Å². The molecule has 8 aromatic carbocycles. The van der Waals surface area contributed by atoms with Crippen molar-refractivity contribution in [1.29, 1.82) is 0 Å². The van der Waals surface area contributed by atoms with Gasteiger partial charge in [0.05, 0.1) is 61.1 Å². The van der Waals surface area contributed by atoms with Crippen LogP contribution in [0.3, 0.4) is 0 Å². The number of aryl methyl sites for hydroxylation is 2. The van der Waals surface area contributed by atoms with Gasteiger partial charge < -0.3 is 87.5 Å². The maximum atomic E-state index is 14.4. The molecule has 1 atom stereocenters. The number of amides is 4. The highest BCUT2D eigenvalue weighted by atomic mass is 35.5. The van der Waals surface area contributed by atoms with Crippen LogP contribution in [0.4, 0.5) is 136 Å². The van der Waals surface area contributed by atoms with Gasteiger partial charge in [-0.2, -0.15) is 38.1 Å². The minimum absolute atomic E-state index is 0.00157. The van der Waals surface area contributed by atoms with Crippen LogP contribution >= 0.6 is 11.6 Å². The van der Waals surface area contributed by atoms with Gasteiger partial charge in [-0.25, -0.2) is 51.5 Å². The number of anilines is 19. The van der Waals surface area contributed by atoms with Crippen molar-refractivity contribution in [1.82, 2.24) is 59.8 Å². The number of para-hydroxylation sites is 2. The molecule has 8 heterocycles. The molecule has 0 bridgehead atoms. The second-order valence-corrected chi connectivity index (χ2v) is 34.3. The molecule has 0 radical (unpaired) electrons. The minimum atomic E-state index is -4.53. The van der Waals surface area contributed by atoms with Crippen LogP contribution in [0.15, 0.2) is 331 Å². The number of rotatable bonds is 38. The van der Waals surface area contributed by atoms with E-state index in [1.807, 2.05) is 81.4 Å². The van der Waals surface area contributed by atoms with Gasteiger partial charge >= 0.3 is 6.18 Å². The number of sulfone groups is 1. The van der Waals surface area contributed by atoms with Crippen LogP contribution < -0.4 is 82.7 Å². The molecule has 768 valence electrons. The smallest absolute Gasteiger partial charge is 0.433 e. The lowest BCUT2D eigenvalue weighted by Crippen LogP contribution is -2.16. The molecule has 0 aliphatic carbocycles. The van der Waals surface area contributed by atoms with Gasteiger partial charge in [-0.05, 0) is 191 Å². The number of benzene rings is 8. The van der Waals surface area contributed by atoms with Crippen LogP contribution in [0.1, 0.15) is 52.5 Å². The summed E-state index contributed by atoms with van der Waals surface area (Å²) in [5, 5.41) is 34.5. The van der Waals surface area contributed by atoms with E-state index in [0.29, 0.717) is 134 Å². The predicted molar refractivity (Wildman–Crippen MR) is 564 cm³/mol. The van der Waals surface area contributed by atoms with Gasteiger partial charge in [0, 0.05) is 130 Å². The average Bonchev–Trinajstić information content (AvgIpc) is 0.963. The second kappa shape index (κ2) is 54.7. The largest absolute Gasteiger partial charge is 0.492 e. The standard InChI is InChI=1S/C23H23ClFN5O4S.C22H21FN6O3.C21H19N3O2.C20H16F4N6O.C20H18N4O2/c1-3-21(31)27-15-6-4-7-16(12-15)28-22-19(25)14-26-23(30-22)29-17-8-9-18(24)20(13-17)34-10-5-11-35(2,32)33;1-2-19(30)26-14-4-3-5-15(10-14)27-21-18(23)12-25-22(29-21)28-16-6-7-20(24-11-16)32-17-8-9-31-13-17;1-3-8-19(25)16-9-7-12-18(13-16)26-20-15(2)14-22-21(24-20)23-17-10-5-4-6-11-17;1-2-17(31)28-13-4-3-5-14(8-13)29-19-27-11-15(21)18(30-19)26-10-12-6-7-16(25-9-12)20(22,23)24;1-3-18(25)22-16-10-7-11-17(12-16)26-19-14(2)13-21-20(24-19)23-15-8-5-4-6-9-15/h3-4,6-9,12-14H,1,5,10-11H2,2H3,(H,27,31)(H2,26,28,29,30);2-7,10-12,17H,1,8-9,13H2,(H,26,30)(H2,25,27,28,29);3-14H,1-2H3,(H,22,23,24);2-9,11H,1,10H2,(H,28,31)(H2,26,27,29,30);3-13H,1H2,2H3,(H,22,25)(H,21,23,24)/b;;8-3+;;/t;17-;;;/m.0.../s1. The van der Waals surface area contributed by atoms with Crippen LogP contribution in [0.5, 0.6) is 34.9 Å². The summed E-state index contributed by atoms with van der Waals surface area (Å²) in [4.78, 5) is 107. The highest BCUT2D eigenvalue weighted by Gasteiger charge is 2.32. The van der Waals surface area contributed by atoms with Crippen molar-refractivity contribution < 1.29 is 82.4 Å². The number of alkyl halides is 3. The molecule has 1 fully saturated rings. The number of hydrogen-bond donors (Lipinski definition) is 12. The van der Waals surface area contributed by atoms with E-state index < -0.39 is 39.2 Å². The molecule has 150 heavy (non-hydrogen) atoms. The quantitative estimate of drug-likeness (QED) is 0.00740. The number of nitrogens with one attached hydrogen (secondary N) is 12. The second-order valence-electron chi connectivity index (χ2n) is 31.6. The first-order valence-corrected chi connectivity index (χ1v) is 47.8. The van der Waals surface area contributed by atoms with E-state index in [2.05, 4.69) is 150 Å². The maximum Gasteiger partial charge on any atom is 0.433 e. The summed E-state index contributed by atoms with van der Waals surface area (Å²) in [7, 11) is -3.08. The Morgan fingerprint density at radius 1 is 0.453 bits per heavy atom. The molecule has 15 aromatic rings. The number of aromatic nitrogens is 12. The minimum Gasteiger partial charge on any atom is -0.492 e. The molecule has 16 rings (SSSR count). The Labute approximate surface area is 862 Å². The Balaban J connectivity index is 0.000000167. The number of carbonyl (C=O) groups excluding carboxylic acids is 5. The maximum absolute atomic E-state index is 14.4. The Morgan fingerprint density at radius 3 is 1.34 bits per heavy atom. The van der Waals surface area contributed by atoms with E-state index in [-0.39, 0.29) is 89.7 Å². The molecule has 1 saturated heterocycles. The number of ether oxygens (including phenoxy) is 5. The average molecular weight is 2080 g/mol. The van der Waals surface area contributed by atoms with Gasteiger partial charge in [-0.15, -0.1) is 0 Å². The van der Waals surface area contributed by atoms with Crippen molar-refractivity contribution >= 4 is 161 Å². The van der Waals surface area contributed by atoms with Crippen LogP contribution in [0, 0.1) is 31.3 Å². The monoisotopic (exact) mass is 2080 g/mol. The first-order valence-electron chi connectivity index (χ1n) is 45.3. The number of ketones is 1. The van der Waals surface area contributed by atoms with E-state index in [0.717, 1.165) is 78.2 Å². The summed E-state index contributed by atoms with van der Waals surface area (Å²) in [6.45, 7) is 20.6. The number of allylic oxidation sites excluding steroid dienone is 2. The van der Waals surface area contributed by atoms with E-state index >= 15 is 0 Å². The highest BCUT2D eigenvalue weighted by Crippen LogP contribution is 2.35. The molecule has 1 aliphatic heterocycles. The summed E-state index contributed by atoms with van der Waals surface area (Å²) in [6, 6.07) is 64.0. The summed E-state index contributed by atoms with van der Waals surface area (Å²) in [5.41, 5.74) is 8.19. The fourth-order valence-electron chi connectivity index (χ4n) is 12.7. The molecule has 7 aromatic heterocycles. The summed E-state index contributed by atoms with van der Waals surface area (Å²) in [5.74, 6) is 0.338. The van der Waals surface area contributed by atoms with Gasteiger partial charge in [0.25, 0.3) is 0 Å². The fourth-order valence-corrected chi connectivity index (χ4v) is 13.5. The van der Waals surface area contributed by atoms with E-state index in [9.17, 15) is 58.7 Å². The molecule has 1 aliphatic rings. The van der Waals surface area contributed by atoms with Crippen molar-refractivity contribution in [2.45, 2.75) is 52.4 Å². The lowest BCUT2D eigenvalue weighted by molar-refractivity contribution is -0.141. The zero-order valence-corrected chi connectivity index (χ0v) is 82.1. The first-order chi connectivity index (χ1) is 72.2. The summed E-state index contributed by atoms with van der Waals surface area (Å²) in [6.07, 6.45) is 14.7. The van der Waals surface area contributed by atoms with Crippen molar-refractivity contribution in [3.63, 3.8) is 0 Å². The topological polar surface area (TPSA) is 465 Å². The zero-order chi connectivity index (χ0) is 107. The van der Waals surface area contributed by atoms with E-state index in [4.69, 9.17) is 35.3 Å². The zero-order valence-electron chi connectivity index (χ0n) is 80.5. The van der Waals surface area contributed by atoms with E-state index in [1.54, 1.807) is 176 Å². The molecule has 36 nitrogen and oxygen atoms in total. The lowest BCUT2D eigenvalue weighted by atomic mass is 10.1. The molecule has 12 N–H and O–H groups in total. The Hall–Kier alpha value is -18.9. The van der Waals surface area contributed by atoms with Gasteiger partial charge in [0.1, 0.15) is 38.9 Å². The highest BCUT2D eigenvalue weighted by molar-refractivity contribution is 7.90.